The minimum absolute atomic E-state index is 0.418. The number of hydrogen-bond donors (Lipinski definition) is 0. The first-order chi connectivity index (χ1) is 5.68. The van der Waals surface area contributed by atoms with Crippen LogP contribution in [0.3, 0.4) is 0 Å². The van der Waals surface area contributed by atoms with E-state index in [0.717, 1.165) is 6.16 Å². The van der Waals surface area contributed by atoms with Crippen molar-refractivity contribution in [2.24, 2.45) is 0 Å². The van der Waals surface area contributed by atoms with Gasteiger partial charge >= 0.3 is 0 Å². The van der Waals surface area contributed by atoms with E-state index in [9.17, 15) is 4.57 Å². The summed E-state index contributed by atoms with van der Waals surface area (Å²) in [7, 11) is -1.24. The van der Waals surface area contributed by atoms with E-state index in [2.05, 4.69) is 20.8 Å². The molecular weight excluding hydrogens is 167 g/mol. The van der Waals surface area contributed by atoms with Crippen LogP contribution in [-0.2, 0) is 4.57 Å². The van der Waals surface area contributed by atoms with Gasteiger partial charge in [0.05, 0.1) is 7.80 Å². The second kappa shape index (κ2) is 7.86. The molecule has 0 radical (unpaired) electrons. The van der Waals surface area contributed by atoms with E-state index < -0.39 is 7.80 Å². The van der Waals surface area contributed by atoms with Crippen molar-refractivity contribution >= 4 is 7.80 Å². The molecule has 2 heteroatoms. The molecule has 1 nitrogen and oxygen atoms in total. The molecule has 0 aliphatic rings. The quantitative estimate of drug-likeness (QED) is 0.439. The molecule has 0 aliphatic carbocycles. The lowest BCUT2D eigenvalue weighted by Crippen LogP contribution is -1.90. The van der Waals surface area contributed by atoms with E-state index >= 15 is 0 Å². The summed E-state index contributed by atoms with van der Waals surface area (Å²) >= 11 is 0. The third kappa shape index (κ3) is 6.91. The predicted molar refractivity (Wildman–Crippen MR) is 57.8 cm³/mol. The second-order valence-electron chi connectivity index (χ2n) is 3.79. The molecule has 0 heterocycles. The zero-order valence-corrected chi connectivity index (χ0v) is 9.73. The largest absolute Gasteiger partial charge is 0.327 e. The highest BCUT2D eigenvalue weighted by molar-refractivity contribution is 7.45. The van der Waals surface area contributed by atoms with Crippen LogP contribution in [0.4, 0.5) is 0 Å². The molecule has 74 valence electrons. The first-order valence-corrected chi connectivity index (χ1v) is 6.90. The van der Waals surface area contributed by atoms with E-state index in [1.54, 1.807) is 0 Å². The lowest BCUT2D eigenvalue weighted by atomic mass is 10.2. The van der Waals surface area contributed by atoms with Gasteiger partial charge < -0.3 is 4.57 Å². The van der Waals surface area contributed by atoms with Crippen molar-refractivity contribution in [2.45, 2.75) is 58.5 Å². The third-order valence-electron chi connectivity index (χ3n) is 2.17. The summed E-state index contributed by atoms with van der Waals surface area (Å²) in [6, 6.07) is 0. The van der Waals surface area contributed by atoms with Gasteiger partial charge in [-0.2, -0.15) is 0 Å². The Balaban J connectivity index is 3.14. The van der Waals surface area contributed by atoms with Crippen molar-refractivity contribution in [1.82, 2.24) is 0 Å². The van der Waals surface area contributed by atoms with Gasteiger partial charge in [-0.3, -0.25) is 0 Å². The van der Waals surface area contributed by atoms with E-state index in [1.165, 1.54) is 32.1 Å². The van der Waals surface area contributed by atoms with Gasteiger partial charge in [-0.25, -0.2) is 0 Å². The molecule has 0 saturated carbocycles. The molecule has 0 amide bonds. The van der Waals surface area contributed by atoms with Crippen LogP contribution in [0.25, 0.3) is 0 Å². The predicted octanol–water partition coefficient (Wildman–Crippen LogP) is 3.92. The van der Waals surface area contributed by atoms with E-state index in [0.29, 0.717) is 5.66 Å². The van der Waals surface area contributed by atoms with Crippen LogP contribution < -0.4 is 0 Å². The summed E-state index contributed by atoms with van der Waals surface area (Å²) in [6.07, 6.45) is 7.38. The molecule has 0 N–H and O–H groups in total. The molecule has 0 aromatic carbocycles. The second-order valence-corrected chi connectivity index (χ2v) is 6.37. The van der Waals surface area contributed by atoms with Gasteiger partial charge in [-0.15, -0.1) is 0 Å². The fourth-order valence-corrected chi connectivity index (χ4v) is 2.37. The lowest BCUT2D eigenvalue weighted by Gasteiger charge is -2.04. The Morgan fingerprint density at radius 3 is 2.17 bits per heavy atom. The molecule has 0 saturated heterocycles. The molecule has 1 unspecified atom stereocenters. The van der Waals surface area contributed by atoms with Crippen molar-refractivity contribution in [3.8, 4) is 0 Å². The van der Waals surface area contributed by atoms with Gasteiger partial charge in [0.15, 0.2) is 0 Å². The highest BCUT2D eigenvalue weighted by Gasteiger charge is 2.03. The topological polar surface area (TPSA) is 17.1 Å². The van der Waals surface area contributed by atoms with E-state index in [-0.39, 0.29) is 0 Å². The van der Waals surface area contributed by atoms with E-state index in [1.807, 2.05) is 0 Å². The first kappa shape index (κ1) is 12.2. The van der Waals surface area contributed by atoms with Crippen molar-refractivity contribution < 1.29 is 4.57 Å². The molecule has 0 aromatic rings. The minimum atomic E-state index is -1.24. The van der Waals surface area contributed by atoms with Gasteiger partial charge in [-0.1, -0.05) is 46.5 Å². The first-order valence-electron chi connectivity index (χ1n) is 5.21. The monoisotopic (exact) mass is 190 g/mol. The Labute approximate surface area is 77.7 Å². The van der Waals surface area contributed by atoms with Crippen molar-refractivity contribution in [2.75, 3.05) is 6.16 Å². The lowest BCUT2D eigenvalue weighted by molar-refractivity contribution is 0.577. The Morgan fingerprint density at radius 1 is 1.08 bits per heavy atom. The molecule has 0 fully saturated rings. The SMILES string of the molecule is CCCCCCC[PH](=O)C(C)C. The Hall–Kier alpha value is 0.230. The average molecular weight is 190 g/mol. The smallest absolute Gasteiger partial charge is 0.0786 e. The molecule has 12 heavy (non-hydrogen) atoms. The summed E-state index contributed by atoms with van der Waals surface area (Å²) in [5, 5.41) is 0. The minimum Gasteiger partial charge on any atom is -0.327 e. The van der Waals surface area contributed by atoms with Crippen LogP contribution in [0, 0.1) is 0 Å². The van der Waals surface area contributed by atoms with Crippen molar-refractivity contribution in [3.05, 3.63) is 0 Å². The third-order valence-corrected chi connectivity index (χ3v) is 4.30. The van der Waals surface area contributed by atoms with Gasteiger partial charge in [0.1, 0.15) is 0 Å². The summed E-state index contributed by atoms with van der Waals surface area (Å²) in [6.45, 7) is 6.34. The molecular formula is C10H23OP. The van der Waals surface area contributed by atoms with Crippen LogP contribution in [0.15, 0.2) is 0 Å². The molecule has 0 spiro atoms. The molecule has 0 rings (SSSR count). The van der Waals surface area contributed by atoms with Gasteiger partial charge in [0.25, 0.3) is 0 Å². The standard InChI is InChI=1S/C10H23OP/c1-4-5-6-7-8-9-12(11)10(2)3/h10,12H,4-9H2,1-3H3. The van der Waals surface area contributed by atoms with Gasteiger partial charge in [0, 0.05) is 5.66 Å². The van der Waals surface area contributed by atoms with Crippen LogP contribution >= 0.6 is 7.80 Å². The van der Waals surface area contributed by atoms with E-state index in [4.69, 9.17) is 0 Å². The maximum atomic E-state index is 11.4. The van der Waals surface area contributed by atoms with Gasteiger partial charge in [0.2, 0.25) is 0 Å². The van der Waals surface area contributed by atoms with Crippen LogP contribution in [-0.4, -0.2) is 11.8 Å². The summed E-state index contributed by atoms with van der Waals surface area (Å²) in [4.78, 5) is 0. The normalized spacial score (nSPS) is 13.7. The number of hydrogen-bond acceptors (Lipinski definition) is 1. The Bertz CT molecular complexity index is 121. The highest BCUT2D eigenvalue weighted by Crippen LogP contribution is 2.28. The average Bonchev–Trinajstić information content (AvgIpc) is 2.03. The Morgan fingerprint density at radius 2 is 1.67 bits per heavy atom. The number of unbranched alkanes of at least 4 members (excludes halogenated alkanes) is 4. The van der Waals surface area contributed by atoms with Crippen LogP contribution in [0.1, 0.15) is 52.9 Å². The fourth-order valence-electron chi connectivity index (χ4n) is 1.19. The van der Waals surface area contributed by atoms with Crippen LogP contribution in [0.2, 0.25) is 0 Å². The molecule has 1 atom stereocenters. The number of rotatable bonds is 7. The maximum absolute atomic E-state index is 11.4. The molecule has 0 bridgehead atoms. The highest BCUT2D eigenvalue weighted by atomic mass is 31.1. The zero-order chi connectivity index (χ0) is 9.40. The van der Waals surface area contributed by atoms with Crippen molar-refractivity contribution in [3.63, 3.8) is 0 Å². The maximum Gasteiger partial charge on any atom is 0.0786 e. The Kier molecular flexibility index (Phi) is 8.01. The summed E-state index contributed by atoms with van der Waals surface area (Å²) in [5.41, 5.74) is 0.418. The zero-order valence-electron chi connectivity index (χ0n) is 8.73. The van der Waals surface area contributed by atoms with Gasteiger partial charge in [-0.05, 0) is 12.6 Å². The van der Waals surface area contributed by atoms with Crippen LogP contribution in [0.5, 0.6) is 0 Å². The van der Waals surface area contributed by atoms with Crippen molar-refractivity contribution in [1.29, 1.82) is 0 Å². The summed E-state index contributed by atoms with van der Waals surface area (Å²) < 4.78 is 11.4. The molecule has 0 aliphatic heterocycles. The summed E-state index contributed by atoms with van der Waals surface area (Å²) in [5.74, 6) is 0. The fraction of sp³-hybridized carbons (Fsp3) is 1.00. The molecule has 0 aromatic heterocycles.